The van der Waals surface area contributed by atoms with E-state index < -0.39 is 0 Å². The van der Waals surface area contributed by atoms with Gasteiger partial charge in [-0.3, -0.25) is 0 Å². The van der Waals surface area contributed by atoms with Crippen molar-refractivity contribution in [1.29, 1.82) is 0 Å². The van der Waals surface area contributed by atoms with Crippen molar-refractivity contribution in [1.82, 2.24) is 9.13 Å². The fraction of sp³-hybridized carbons (Fsp3) is 0.0588. The molecule has 12 rings (SSSR count). The van der Waals surface area contributed by atoms with E-state index in [9.17, 15) is 0 Å². The molecule has 0 spiro atoms. The number of nitrogens with zero attached hydrogens (tertiary/aromatic N) is 3. The van der Waals surface area contributed by atoms with E-state index in [1.807, 2.05) is 6.07 Å². The first-order valence-corrected chi connectivity index (χ1v) is 19.0. The summed E-state index contributed by atoms with van der Waals surface area (Å²) in [5.74, 6) is 1.75. The van der Waals surface area contributed by atoms with Crippen LogP contribution in [-0.4, -0.2) is 9.13 Å². The molecule has 55 heavy (non-hydrogen) atoms. The average Bonchev–Trinajstić information content (AvgIpc) is 3.75. The van der Waals surface area contributed by atoms with Gasteiger partial charge in [-0.1, -0.05) is 111 Å². The molecule has 0 atom stereocenters. The lowest BCUT2D eigenvalue weighted by Gasteiger charge is -2.42. The van der Waals surface area contributed by atoms with E-state index in [0.717, 1.165) is 45.2 Å². The van der Waals surface area contributed by atoms with Crippen molar-refractivity contribution < 1.29 is 4.74 Å². The van der Waals surface area contributed by atoms with Crippen molar-refractivity contribution in [3.05, 3.63) is 187 Å². The normalized spacial score (nSPS) is 13.9. The van der Waals surface area contributed by atoms with Crippen LogP contribution in [0.2, 0.25) is 0 Å². The first kappa shape index (κ1) is 30.4. The summed E-state index contributed by atoms with van der Waals surface area (Å²) < 4.78 is 11.3. The number of ether oxygens (including phenoxy) is 1. The van der Waals surface area contributed by atoms with Gasteiger partial charge in [0.15, 0.2) is 11.5 Å². The quantitative estimate of drug-likeness (QED) is 0.183. The van der Waals surface area contributed by atoms with Crippen LogP contribution in [0.25, 0.3) is 66.1 Å². The van der Waals surface area contributed by atoms with Crippen LogP contribution in [0.3, 0.4) is 0 Å². The Bertz CT molecular complexity index is 3170. The lowest BCUT2D eigenvalue weighted by Crippen LogP contribution is -2.30. The van der Waals surface area contributed by atoms with E-state index >= 15 is 0 Å². The van der Waals surface area contributed by atoms with E-state index in [4.69, 9.17) is 4.74 Å². The number of aromatic nitrogens is 2. The van der Waals surface area contributed by atoms with Gasteiger partial charge in [0.05, 0.1) is 39.1 Å². The summed E-state index contributed by atoms with van der Waals surface area (Å²) in [6.45, 7) is 4.68. The lowest BCUT2D eigenvalue weighted by molar-refractivity contribution is 0.476. The molecule has 0 aliphatic carbocycles. The molecular formula is C51H35N3O. The Kier molecular flexibility index (Phi) is 6.09. The second-order valence-electron chi connectivity index (χ2n) is 15.4. The zero-order chi connectivity index (χ0) is 36.4. The Morgan fingerprint density at radius 3 is 1.69 bits per heavy atom. The zero-order valence-corrected chi connectivity index (χ0v) is 30.5. The van der Waals surface area contributed by atoms with E-state index in [0.29, 0.717) is 0 Å². The highest BCUT2D eigenvalue weighted by Gasteiger charge is 2.36. The van der Waals surface area contributed by atoms with Gasteiger partial charge in [-0.2, -0.15) is 0 Å². The molecule has 8 aromatic carbocycles. The summed E-state index contributed by atoms with van der Waals surface area (Å²) in [6.07, 6.45) is 0. The van der Waals surface area contributed by atoms with Crippen LogP contribution in [0, 0.1) is 0 Å². The summed E-state index contributed by atoms with van der Waals surface area (Å²) in [5, 5.41) is 4.89. The molecule has 0 bridgehead atoms. The van der Waals surface area contributed by atoms with Crippen LogP contribution in [0.15, 0.2) is 176 Å². The molecule has 0 saturated heterocycles. The van der Waals surface area contributed by atoms with Crippen LogP contribution in [0.4, 0.5) is 17.1 Å². The van der Waals surface area contributed by atoms with Gasteiger partial charge in [-0.15, -0.1) is 0 Å². The van der Waals surface area contributed by atoms with Gasteiger partial charge >= 0.3 is 0 Å². The van der Waals surface area contributed by atoms with Crippen LogP contribution < -0.4 is 9.64 Å². The third-order valence-electron chi connectivity index (χ3n) is 12.1. The van der Waals surface area contributed by atoms with E-state index in [-0.39, 0.29) is 5.41 Å². The highest BCUT2D eigenvalue weighted by molar-refractivity contribution is 6.14. The Hall–Kier alpha value is -7.04. The van der Waals surface area contributed by atoms with Crippen molar-refractivity contribution >= 4 is 60.7 Å². The first-order chi connectivity index (χ1) is 27.0. The number of hydrogen-bond donors (Lipinski definition) is 0. The Balaban J connectivity index is 0.992. The van der Waals surface area contributed by atoms with Gasteiger partial charge in [0.1, 0.15) is 0 Å². The number of hydrogen-bond acceptors (Lipinski definition) is 2. The van der Waals surface area contributed by atoms with Crippen molar-refractivity contribution in [2.45, 2.75) is 19.3 Å². The van der Waals surface area contributed by atoms with Gasteiger partial charge in [-0.25, -0.2) is 0 Å². The van der Waals surface area contributed by atoms with Crippen LogP contribution in [-0.2, 0) is 5.41 Å². The summed E-state index contributed by atoms with van der Waals surface area (Å²) in [6, 6.07) is 64.0. The van der Waals surface area contributed by atoms with E-state index in [2.05, 4.69) is 198 Å². The molecule has 0 N–H and O–H groups in total. The molecule has 0 unspecified atom stereocenters. The maximum Gasteiger partial charge on any atom is 0.152 e. The van der Waals surface area contributed by atoms with Crippen LogP contribution in [0.5, 0.6) is 11.5 Å². The zero-order valence-electron chi connectivity index (χ0n) is 30.5. The Labute approximate surface area is 318 Å². The molecule has 10 aromatic rings. The van der Waals surface area contributed by atoms with Gasteiger partial charge in [-0.05, 0) is 101 Å². The standard InChI is InChI=1S/C51H35N3O/c1-51(2)40-15-5-9-19-45(40)53(46-20-10-6-16-41(46)51)35-27-28-44-38(31-35)36-13-3-7-17-42(36)52(44)34-25-23-32(24-26-34)33-29-39-37-14-4-8-18-43(37)54-47-21-11-12-22-48(47)55-49(30-33)50(39)54/h3-31H,1-2H3. The maximum atomic E-state index is 6.59. The molecule has 2 aliphatic heterocycles. The van der Waals surface area contributed by atoms with Crippen molar-refractivity contribution in [2.75, 3.05) is 4.90 Å². The second-order valence-corrected chi connectivity index (χ2v) is 15.4. The SMILES string of the molecule is CC1(C)c2ccccc2N(c2ccc3c(c2)c2ccccc2n3-c2ccc(-c3cc4c5c(c3)c3ccccc3n5-c3ccccc3O4)cc2)c2ccccc21. The fourth-order valence-electron chi connectivity index (χ4n) is 9.53. The maximum absolute atomic E-state index is 6.59. The minimum absolute atomic E-state index is 0.101. The van der Waals surface area contributed by atoms with Crippen molar-refractivity contribution in [2.24, 2.45) is 0 Å². The van der Waals surface area contributed by atoms with Gasteiger partial charge in [0, 0.05) is 38.3 Å². The molecule has 260 valence electrons. The van der Waals surface area contributed by atoms with Crippen molar-refractivity contribution in [3.8, 4) is 34.0 Å². The smallest absolute Gasteiger partial charge is 0.152 e. The second kappa shape index (κ2) is 11.0. The topological polar surface area (TPSA) is 22.3 Å². The summed E-state index contributed by atoms with van der Waals surface area (Å²) in [7, 11) is 0. The summed E-state index contributed by atoms with van der Waals surface area (Å²) >= 11 is 0. The number of anilines is 3. The fourth-order valence-corrected chi connectivity index (χ4v) is 9.53. The highest BCUT2D eigenvalue weighted by Crippen LogP contribution is 2.52. The number of para-hydroxylation sites is 6. The summed E-state index contributed by atoms with van der Waals surface area (Å²) in [4.78, 5) is 2.44. The number of fused-ring (bicyclic) bond motifs is 10. The minimum atomic E-state index is -0.101. The third-order valence-corrected chi connectivity index (χ3v) is 12.1. The first-order valence-electron chi connectivity index (χ1n) is 19.0. The van der Waals surface area contributed by atoms with Gasteiger partial charge in [0.2, 0.25) is 0 Å². The predicted molar refractivity (Wildman–Crippen MR) is 227 cm³/mol. The van der Waals surface area contributed by atoms with Crippen LogP contribution in [0.1, 0.15) is 25.0 Å². The molecule has 4 nitrogen and oxygen atoms in total. The largest absolute Gasteiger partial charge is 0.453 e. The summed E-state index contributed by atoms with van der Waals surface area (Å²) in [5.41, 5.74) is 15.4. The molecule has 0 amide bonds. The molecule has 0 fully saturated rings. The average molecular weight is 706 g/mol. The third kappa shape index (κ3) is 4.17. The monoisotopic (exact) mass is 705 g/mol. The minimum Gasteiger partial charge on any atom is -0.453 e. The predicted octanol–water partition coefficient (Wildman–Crippen LogP) is 13.8. The van der Waals surface area contributed by atoms with E-state index in [1.54, 1.807) is 0 Å². The molecule has 0 saturated carbocycles. The molecule has 4 heterocycles. The van der Waals surface area contributed by atoms with Crippen molar-refractivity contribution in [3.63, 3.8) is 0 Å². The molecule has 0 radical (unpaired) electrons. The molecule has 2 aliphatic rings. The highest BCUT2D eigenvalue weighted by atomic mass is 16.5. The van der Waals surface area contributed by atoms with Gasteiger partial charge < -0.3 is 18.8 Å². The lowest BCUT2D eigenvalue weighted by atomic mass is 9.73. The van der Waals surface area contributed by atoms with E-state index in [1.165, 1.54) is 60.6 Å². The molecular weight excluding hydrogens is 671 g/mol. The van der Waals surface area contributed by atoms with Crippen LogP contribution >= 0.6 is 0 Å². The molecule has 4 heteroatoms. The number of rotatable bonds is 3. The number of benzene rings is 8. The van der Waals surface area contributed by atoms with Gasteiger partial charge in [0.25, 0.3) is 0 Å². The molecule has 2 aromatic heterocycles. The Morgan fingerprint density at radius 2 is 0.964 bits per heavy atom. The Morgan fingerprint density at radius 1 is 0.400 bits per heavy atom.